The van der Waals surface area contributed by atoms with Crippen LogP contribution in [0.25, 0.3) is 0 Å². The van der Waals surface area contributed by atoms with E-state index in [1.54, 1.807) is 44.2 Å². The van der Waals surface area contributed by atoms with E-state index in [1.807, 2.05) is 0 Å². The zero-order valence-corrected chi connectivity index (χ0v) is 13.9. The van der Waals surface area contributed by atoms with Gasteiger partial charge in [-0.05, 0) is 19.4 Å². The summed E-state index contributed by atoms with van der Waals surface area (Å²) in [5.41, 5.74) is 6.96. The zero-order chi connectivity index (χ0) is 18.7. The van der Waals surface area contributed by atoms with Gasteiger partial charge < -0.3 is 16.2 Å². The first kappa shape index (κ1) is 18.6. The standard InChI is InChI=1S/C17H20FN3O4/c1-9(2)11(8-12(22)23)21-15(18)14(17(21)25)20-16(24)13(19)10-6-4-3-5-7-10/h3-7,13-15H,8,19H2,1-2H3,(H,20,24)(H,22,23). The van der Waals surface area contributed by atoms with E-state index in [2.05, 4.69) is 5.32 Å². The topological polar surface area (TPSA) is 113 Å². The summed E-state index contributed by atoms with van der Waals surface area (Å²) in [6.45, 7) is 3.19. The van der Waals surface area contributed by atoms with Crippen LogP contribution in [0.3, 0.4) is 0 Å². The Kier molecular flexibility index (Phi) is 5.53. The highest BCUT2D eigenvalue weighted by Gasteiger charge is 2.51. The highest BCUT2D eigenvalue weighted by atomic mass is 19.1. The van der Waals surface area contributed by atoms with Crippen LogP contribution < -0.4 is 11.1 Å². The van der Waals surface area contributed by atoms with Gasteiger partial charge >= 0.3 is 5.97 Å². The number of alkyl halides is 1. The predicted molar refractivity (Wildman–Crippen MR) is 87.7 cm³/mol. The van der Waals surface area contributed by atoms with Crippen molar-refractivity contribution in [1.29, 1.82) is 0 Å². The SMILES string of the molecule is CC(C)=C(CC(=O)O)N1C(=O)C(NC(=O)C(N)c2ccccc2)C1F. The first-order valence-electron chi connectivity index (χ1n) is 7.70. The Bertz CT molecular complexity index is 716. The molecule has 2 rings (SSSR count). The average Bonchev–Trinajstić information content (AvgIpc) is 2.58. The van der Waals surface area contributed by atoms with Crippen LogP contribution in [-0.4, -0.2) is 40.1 Å². The monoisotopic (exact) mass is 349 g/mol. The molecule has 7 nitrogen and oxygen atoms in total. The number of carboxylic acid groups (broad SMARTS) is 1. The maximum Gasteiger partial charge on any atom is 0.309 e. The molecule has 0 saturated carbocycles. The van der Waals surface area contributed by atoms with Crippen LogP contribution in [-0.2, 0) is 14.4 Å². The number of nitrogens with two attached hydrogens (primary N) is 1. The normalized spacial score (nSPS) is 20.5. The second-order valence-corrected chi connectivity index (χ2v) is 5.97. The van der Waals surface area contributed by atoms with Gasteiger partial charge in [-0.3, -0.25) is 19.3 Å². The number of allylic oxidation sites excluding steroid dienone is 1. The minimum absolute atomic E-state index is 0.0860. The highest BCUT2D eigenvalue weighted by molar-refractivity contribution is 5.96. The summed E-state index contributed by atoms with van der Waals surface area (Å²) in [4.78, 5) is 36.0. The number of amides is 2. The molecule has 1 aliphatic rings. The first-order chi connectivity index (χ1) is 11.7. The molecule has 0 aromatic heterocycles. The van der Waals surface area contributed by atoms with E-state index in [-0.39, 0.29) is 5.70 Å². The molecule has 1 aromatic rings. The van der Waals surface area contributed by atoms with Crippen molar-refractivity contribution in [1.82, 2.24) is 10.2 Å². The van der Waals surface area contributed by atoms with E-state index in [0.29, 0.717) is 11.1 Å². The van der Waals surface area contributed by atoms with Crippen molar-refractivity contribution in [3.63, 3.8) is 0 Å². The van der Waals surface area contributed by atoms with Crippen LogP contribution in [0.4, 0.5) is 4.39 Å². The fourth-order valence-corrected chi connectivity index (χ4v) is 2.57. The minimum atomic E-state index is -1.83. The molecule has 1 heterocycles. The molecule has 0 spiro atoms. The van der Waals surface area contributed by atoms with Crippen LogP contribution in [0, 0.1) is 0 Å². The van der Waals surface area contributed by atoms with E-state index in [1.165, 1.54) is 0 Å². The lowest BCUT2D eigenvalue weighted by Crippen LogP contribution is -2.69. The average molecular weight is 349 g/mol. The zero-order valence-electron chi connectivity index (χ0n) is 13.9. The summed E-state index contributed by atoms with van der Waals surface area (Å²) in [5, 5.41) is 11.2. The van der Waals surface area contributed by atoms with Crippen molar-refractivity contribution in [3.05, 3.63) is 47.2 Å². The fourth-order valence-electron chi connectivity index (χ4n) is 2.57. The molecule has 0 aliphatic carbocycles. The summed E-state index contributed by atoms with van der Waals surface area (Å²) in [6, 6.07) is 6.10. The Hall–Kier alpha value is -2.74. The number of benzene rings is 1. The van der Waals surface area contributed by atoms with Crippen molar-refractivity contribution < 1.29 is 23.9 Å². The number of nitrogens with one attached hydrogen (secondary N) is 1. The van der Waals surface area contributed by atoms with Crippen LogP contribution in [0.2, 0.25) is 0 Å². The molecule has 0 bridgehead atoms. The van der Waals surface area contributed by atoms with Gasteiger partial charge in [-0.15, -0.1) is 0 Å². The van der Waals surface area contributed by atoms with Gasteiger partial charge in [-0.1, -0.05) is 35.9 Å². The van der Waals surface area contributed by atoms with Crippen LogP contribution in [0.15, 0.2) is 41.6 Å². The van der Waals surface area contributed by atoms with Crippen LogP contribution in [0.5, 0.6) is 0 Å². The van der Waals surface area contributed by atoms with E-state index >= 15 is 0 Å². The Morgan fingerprint density at radius 1 is 1.32 bits per heavy atom. The summed E-state index contributed by atoms with van der Waals surface area (Å²) in [6.07, 6.45) is -2.30. The van der Waals surface area contributed by atoms with Gasteiger partial charge in [0.1, 0.15) is 6.04 Å². The molecule has 1 saturated heterocycles. The Morgan fingerprint density at radius 2 is 1.92 bits per heavy atom. The Balaban J connectivity index is 2.06. The van der Waals surface area contributed by atoms with Crippen LogP contribution >= 0.6 is 0 Å². The third-order valence-electron chi connectivity index (χ3n) is 3.95. The van der Waals surface area contributed by atoms with Gasteiger partial charge in [0.2, 0.25) is 12.2 Å². The van der Waals surface area contributed by atoms with E-state index in [9.17, 15) is 18.8 Å². The second-order valence-electron chi connectivity index (χ2n) is 5.97. The number of rotatable bonds is 6. The lowest BCUT2D eigenvalue weighted by atomic mass is 10.00. The van der Waals surface area contributed by atoms with Gasteiger partial charge in [0.15, 0.2) is 6.04 Å². The molecule has 25 heavy (non-hydrogen) atoms. The van der Waals surface area contributed by atoms with E-state index in [4.69, 9.17) is 10.8 Å². The molecule has 3 atom stereocenters. The Labute approximate surface area is 144 Å². The number of carbonyl (C=O) groups is 3. The van der Waals surface area contributed by atoms with E-state index < -0.39 is 42.6 Å². The van der Waals surface area contributed by atoms with Crippen molar-refractivity contribution in [3.8, 4) is 0 Å². The van der Waals surface area contributed by atoms with Crippen molar-refractivity contribution in [2.75, 3.05) is 0 Å². The minimum Gasteiger partial charge on any atom is -0.481 e. The van der Waals surface area contributed by atoms with Gasteiger partial charge in [-0.2, -0.15) is 0 Å². The number of likely N-dealkylation sites (tertiary alicyclic amines) is 1. The first-order valence-corrected chi connectivity index (χ1v) is 7.70. The number of halogens is 1. The Morgan fingerprint density at radius 3 is 2.40 bits per heavy atom. The lowest BCUT2D eigenvalue weighted by Gasteiger charge is -2.43. The maximum absolute atomic E-state index is 14.4. The molecule has 1 aromatic carbocycles. The van der Waals surface area contributed by atoms with Gasteiger partial charge in [0.25, 0.3) is 5.91 Å². The molecular weight excluding hydrogens is 329 g/mol. The number of carboxylic acids is 1. The summed E-state index contributed by atoms with van der Waals surface area (Å²) in [5.74, 6) is -2.54. The third-order valence-corrected chi connectivity index (χ3v) is 3.95. The fraction of sp³-hybridized carbons (Fsp3) is 0.353. The number of nitrogens with zero attached hydrogens (tertiary/aromatic N) is 1. The lowest BCUT2D eigenvalue weighted by molar-refractivity contribution is -0.160. The number of hydrogen-bond acceptors (Lipinski definition) is 4. The molecule has 8 heteroatoms. The molecule has 4 N–H and O–H groups in total. The number of β-lactam (4-membered cyclic amide) rings is 1. The number of carbonyl (C=O) groups excluding carboxylic acids is 2. The molecular formula is C17H20FN3O4. The number of hydrogen-bond donors (Lipinski definition) is 3. The number of aliphatic carboxylic acids is 1. The summed E-state index contributed by atoms with van der Waals surface area (Å²) < 4.78 is 14.4. The summed E-state index contributed by atoms with van der Waals surface area (Å²) >= 11 is 0. The molecule has 1 aliphatic heterocycles. The predicted octanol–water partition coefficient (Wildman–Crippen LogP) is 1.08. The quantitative estimate of drug-likeness (QED) is 0.525. The molecule has 134 valence electrons. The largest absolute Gasteiger partial charge is 0.481 e. The van der Waals surface area contributed by atoms with Gasteiger partial charge in [0.05, 0.1) is 6.42 Å². The third kappa shape index (κ3) is 3.85. The molecule has 0 radical (unpaired) electrons. The second kappa shape index (κ2) is 7.43. The summed E-state index contributed by atoms with van der Waals surface area (Å²) in [7, 11) is 0. The van der Waals surface area contributed by atoms with Crippen molar-refractivity contribution in [2.24, 2.45) is 5.73 Å². The molecule has 2 amide bonds. The van der Waals surface area contributed by atoms with Crippen molar-refractivity contribution in [2.45, 2.75) is 38.6 Å². The smallest absolute Gasteiger partial charge is 0.309 e. The van der Waals surface area contributed by atoms with Crippen molar-refractivity contribution >= 4 is 17.8 Å². The van der Waals surface area contributed by atoms with Gasteiger partial charge in [-0.25, -0.2) is 4.39 Å². The van der Waals surface area contributed by atoms with Gasteiger partial charge in [0, 0.05) is 5.70 Å². The maximum atomic E-state index is 14.4. The van der Waals surface area contributed by atoms with Crippen LogP contribution in [0.1, 0.15) is 31.9 Å². The molecule has 3 unspecified atom stereocenters. The van der Waals surface area contributed by atoms with E-state index in [0.717, 1.165) is 4.90 Å². The highest BCUT2D eigenvalue weighted by Crippen LogP contribution is 2.30. The molecule has 1 fully saturated rings.